The van der Waals surface area contributed by atoms with Crippen LogP contribution in [0.5, 0.6) is 0 Å². The molecule has 1 aliphatic carbocycles. The molecule has 4 rings (SSSR count). The summed E-state index contributed by atoms with van der Waals surface area (Å²) in [5.41, 5.74) is 3.81. The predicted octanol–water partition coefficient (Wildman–Crippen LogP) is 4.89. The van der Waals surface area contributed by atoms with E-state index in [-0.39, 0.29) is 11.8 Å². The summed E-state index contributed by atoms with van der Waals surface area (Å²) < 4.78 is 0. The number of rotatable bonds is 11. The van der Waals surface area contributed by atoms with Crippen molar-refractivity contribution in [1.29, 1.82) is 0 Å². The zero-order valence-electron chi connectivity index (χ0n) is 22.3. The molecule has 0 atom stereocenters. The van der Waals surface area contributed by atoms with E-state index in [2.05, 4.69) is 33.4 Å². The molecule has 8 heteroatoms. The number of amides is 2. The second-order valence-corrected chi connectivity index (χ2v) is 9.78. The third-order valence-electron chi connectivity index (χ3n) is 6.92. The highest BCUT2D eigenvalue weighted by Gasteiger charge is 2.16. The van der Waals surface area contributed by atoms with E-state index in [0.717, 1.165) is 11.1 Å². The van der Waals surface area contributed by atoms with Gasteiger partial charge < -0.3 is 21.3 Å². The van der Waals surface area contributed by atoms with Crippen LogP contribution >= 0.6 is 0 Å². The van der Waals surface area contributed by atoms with Crippen molar-refractivity contribution in [1.82, 2.24) is 20.6 Å². The number of nitrogens with one attached hydrogen (secondary N) is 4. The second kappa shape index (κ2) is 13.6. The molecule has 0 bridgehead atoms. The molecule has 2 amide bonds. The summed E-state index contributed by atoms with van der Waals surface area (Å²) in [5, 5.41) is 12.4. The Morgan fingerprint density at radius 2 is 1.39 bits per heavy atom. The summed E-state index contributed by atoms with van der Waals surface area (Å²) in [6, 6.07) is 17.9. The van der Waals surface area contributed by atoms with Crippen LogP contribution in [-0.2, 0) is 4.79 Å². The Hall–Kier alpha value is -3.94. The lowest BCUT2D eigenvalue weighted by atomic mass is 9.84. The van der Waals surface area contributed by atoms with E-state index < -0.39 is 0 Å². The first-order valence-electron chi connectivity index (χ1n) is 13.6. The minimum atomic E-state index is -0.0771. The van der Waals surface area contributed by atoms with Gasteiger partial charge in [-0.25, -0.2) is 9.97 Å². The molecule has 1 fully saturated rings. The lowest BCUT2D eigenvalue weighted by Crippen LogP contribution is -2.29. The van der Waals surface area contributed by atoms with Crippen molar-refractivity contribution < 1.29 is 9.59 Å². The first-order valence-corrected chi connectivity index (χ1v) is 13.6. The van der Waals surface area contributed by atoms with Crippen LogP contribution in [0.15, 0.2) is 54.6 Å². The smallest absolute Gasteiger partial charge is 0.251 e. The molecule has 1 aromatic heterocycles. The van der Waals surface area contributed by atoms with Crippen molar-refractivity contribution in [3.05, 3.63) is 71.3 Å². The Morgan fingerprint density at radius 3 is 2.00 bits per heavy atom. The molecule has 3 aromatic rings. The van der Waals surface area contributed by atoms with Crippen molar-refractivity contribution in [2.45, 2.75) is 51.9 Å². The van der Waals surface area contributed by atoms with Crippen LogP contribution in [0.3, 0.4) is 0 Å². The maximum atomic E-state index is 12.7. The number of anilines is 2. The summed E-state index contributed by atoms with van der Waals surface area (Å²) in [6.45, 7) is 5.46. The molecule has 200 valence electrons. The van der Waals surface area contributed by atoms with E-state index in [1.165, 1.54) is 44.6 Å². The molecular formula is C30H38N6O2. The fourth-order valence-corrected chi connectivity index (χ4v) is 4.80. The number of hydrogen-bond donors (Lipinski definition) is 4. The number of benzene rings is 2. The number of hydrogen-bond acceptors (Lipinski definition) is 6. The van der Waals surface area contributed by atoms with Gasteiger partial charge in [-0.3, -0.25) is 9.59 Å². The van der Waals surface area contributed by atoms with E-state index in [0.29, 0.717) is 55.1 Å². The molecule has 0 radical (unpaired) electrons. The van der Waals surface area contributed by atoms with Gasteiger partial charge in [0.2, 0.25) is 5.91 Å². The minimum Gasteiger partial charge on any atom is -0.368 e. The number of nitrogens with zero attached hydrogens (tertiary/aromatic N) is 2. The molecule has 0 saturated heterocycles. The lowest BCUT2D eigenvalue weighted by Gasteiger charge is -2.22. The van der Waals surface area contributed by atoms with Crippen molar-refractivity contribution in [2.75, 3.05) is 36.8 Å². The Bertz CT molecular complexity index is 1210. The van der Waals surface area contributed by atoms with Crippen molar-refractivity contribution in [3.8, 4) is 11.4 Å². The molecular weight excluding hydrogens is 476 g/mol. The Labute approximate surface area is 225 Å². The molecule has 1 heterocycles. The van der Waals surface area contributed by atoms with E-state index >= 15 is 0 Å². The van der Waals surface area contributed by atoms with Crippen LogP contribution in [0.1, 0.15) is 66.4 Å². The van der Waals surface area contributed by atoms with Crippen LogP contribution < -0.4 is 21.3 Å². The first kappa shape index (κ1) is 27.1. The van der Waals surface area contributed by atoms with Gasteiger partial charge in [0.25, 0.3) is 5.91 Å². The normalized spacial score (nSPS) is 13.5. The van der Waals surface area contributed by atoms with Gasteiger partial charge in [0.1, 0.15) is 11.6 Å². The average Bonchev–Trinajstić information content (AvgIpc) is 2.95. The van der Waals surface area contributed by atoms with E-state index in [9.17, 15) is 9.59 Å². The molecule has 2 aromatic carbocycles. The zero-order chi connectivity index (χ0) is 26.7. The minimum absolute atomic E-state index is 0.0687. The van der Waals surface area contributed by atoms with Gasteiger partial charge in [-0.1, -0.05) is 61.7 Å². The van der Waals surface area contributed by atoms with Crippen LogP contribution in [0, 0.1) is 6.92 Å². The van der Waals surface area contributed by atoms with Crippen molar-refractivity contribution in [2.24, 2.45) is 0 Å². The van der Waals surface area contributed by atoms with Gasteiger partial charge >= 0.3 is 0 Å². The fourth-order valence-electron chi connectivity index (χ4n) is 4.80. The summed E-state index contributed by atoms with van der Waals surface area (Å²) in [4.78, 5) is 33.3. The van der Waals surface area contributed by atoms with Crippen LogP contribution in [0.2, 0.25) is 0 Å². The molecule has 0 aliphatic heterocycles. The number of carbonyl (C=O) groups is 2. The third kappa shape index (κ3) is 7.54. The standard InChI is InChI=1S/C30H38N6O2/c1-21-27(32-18-17-31-22(2)37)35-29(25-11-7-4-8-12-25)36-28(21)33-19-20-34-30(38)26-15-13-24(14-16-26)23-9-5-3-6-10-23/h4,7-8,11-16,23H,3,5-6,9-10,17-20H2,1-2H3,(H,31,37)(H,34,38)(H2,32,33,35,36). The number of carbonyl (C=O) groups excluding carboxylic acids is 2. The fraction of sp³-hybridized carbons (Fsp3) is 0.400. The monoisotopic (exact) mass is 514 g/mol. The van der Waals surface area contributed by atoms with Crippen molar-refractivity contribution in [3.63, 3.8) is 0 Å². The lowest BCUT2D eigenvalue weighted by molar-refractivity contribution is -0.118. The van der Waals surface area contributed by atoms with Gasteiger partial charge in [-0.2, -0.15) is 0 Å². The zero-order valence-corrected chi connectivity index (χ0v) is 22.3. The van der Waals surface area contributed by atoms with E-state index in [4.69, 9.17) is 9.97 Å². The SMILES string of the molecule is CC(=O)NCCNc1nc(-c2ccccc2)nc(NCCNC(=O)c2ccc(C3CCCCC3)cc2)c1C. The molecule has 1 aliphatic rings. The Kier molecular flexibility index (Phi) is 9.67. The van der Waals surface area contributed by atoms with Crippen LogP contribution in [-0.4, -0.2) is 48.0 Å². The maximum Gasteiger partial charge on any atom is 0.251 e. The summed E-state index contributed by atoms with van der Waals surface area (Å²) in [6.07, 6.45) is 6.43. The third-order valence-corrected chi connectivity index (χ3v) is 6.92. The topological polar surface area (TPSA) is 108 Å². The Morgan fingerprint density at radius 1 is 0.789 bits per heavy atom. The molecule has 0 spiro atoms. The van der Waals surface area contributed by atoms with Crippen LogP contribution in [0.25, 0.3) is 11.4 Å². The highest BCUT2D eigenvalue weighted by atomic mass is 16.2. The van der Waals surface area contributed by atoms with Gasteiger partial charge in [0.05, 0.1) is 0 Å². The van der Waals surface area contributed by atoms with Gasteiger partial charge in [0, 0.05) is 49.8 Å². The van der Waals surface area contributed by atoms with Gasteiger partial charge in [-0.05, 0) is 43.4 Å². The second-order valence-electron chi connectivity index (χ2n) is 9.78. The summed E-state index contributed by atoms with van der Waals surface area (Å²) >= 11 is 0. The summed E-state index contributed by atoms with van der Waals surface area (Å²) in [7, 11) is 0. The molecule has 4 N–H and O–H groups in total. The Balaban J connectivity index is 1.35. The highest BCUT2D eigenvalue weighted by Crippen LogP contribution is 2.32. The molecule has 38 heavy (non-hydrogen) atoms. The van der Waals surface area contributed by atoms with Crippen molar-refractivity contribution >= 4 is 23.5 Å². The number of aromatic nitrogens is 2. The molecule has 0 unspecified atom stereocenters. The van der Waals surface area contributed by atoms with Gasteiger partial charge in [0.15, 0.2) is 5.82 Å². The summed E-state index contributed by atoms with van der Waals surface area (Å²) in [5.74, 6) is 2.49. The van der Waals surface area contributed by atoms with Crippen LogP contribution in [0.4, 0.5) is 11.6 Å². The first-order chi connectivity index (χ1) is 18.5. The average molecular weight is 515 g/mol. The molecule has 8 nitrogen and oxygen atoms in total. The quantitative estimate of drug-likeness (QED) is 0.271. The van der Waals surface area contributed by atoms with Gasteiger partial charge in [-0.15, -0.1) is 0 Å². The predicted molar refractivity (Wildman–Crippen MR) is 152 cm³/mol. The van der Waals surface area contributed by atoms with E-state index in [1.54, 1.807) is 0 Å². The maximum absolute atomic E-state index is 12.7. The van der Waals surface area contributed by atoms with E-state index in [1.807, 2.05) is 49.4 Å². The highest BCUT2D eigenvalue weighted by molar-refractivity contribution is 5.94. The molecule has 1 saturated carbocycles. The largest absolute Gasteiger partial charge is 0.368 e.